The summed E-state index contributed by atoms with van der Waals surface area (Å²) < 4.78 is 14.5. The van der Waals surface area contributed by atoms with Crippen LogP contribution >= 0.6 is 23.1 Å². The molecule has 0 radical (unpaired) electrons. The van der Waals surface area contributed by atoms with E-state index in [0.717, 1.165) is 36.3 Å². The van der Waals surface area contributed by atoms with E-state index in [1.165, 1.54) is 22.0 Å². The fourth-order valence-corrected chi connectivity index (χ4v) is 10.4. The number of oxime groups is 1. The van der Waals surface area contributed by atoms with Crippen molar-refractivity contribution in [3.8, 4) is 11.5 Å². The predicted octanol–water partition coefficient (Wildman–Crippen LogP) is 2.80. The molecule has 55 heavy (non-hydrogen) atoms. The van der Waals surface area contributed by atoms with Gasteiger partial charge in [0.15, 0.2) is 39.7 Å². The Morgan fingerprint density at radius 3 is 2.35 bits per heavy atom. The van der Waals surface area contributed by atoms with Crippen molar-refractivity contribution >= 4 is 69.3 Å². The minimum Gasteiger partial charge on any atom is -0.504 e. The highest BCUT2D eigenvalue weighted by Crippen LogP contribution is 2.51. The van der Waals surface area contributed by atoms with Gasteiger partial charge in [0.1, 0.15) is 17.9 Å². The molecule has 1 aromatic carbocycles. The fourth-order valence-electron chi connectivity index (χ4n) is 8.34. The number of nitrogens with zero attached hydrogens (tertiary/aromatic N) is 4. The smallest absolute Gasteiger partial charge is 0.352 e. The van der Waals surface area contributed by atoms with Crippen molar-refractivity contribution in [3.05, 3.63) is 45.9 Å². The normalized spacial score (nSPS) is 27.9. The fraction of sp³-hybridized carbons (Fsp3) is 0.486. The number of benzene rings is 1. The molecule has 2 bridgehead atoms. The van der Waals surface area contributed by atoms with Crippen LogP contribution in [0.15, 0.2) is 33.9 Å². The highest BCUT2D eigenvalue weighted by molar-refractivity contribution is 8.00. The highest BCUT2D eigenvalue weighted by Gasteiger charge is 2.58. The number of carbonyl (C=O) groups is 6. The Kier molecular flexibility index (Phi) is 11.0. The zero-order chi connectivity index (χ0) is 40.1. The first-order chi connectivity index (χ1) is 25.9. The predicted molar refractivity (Wildman–Crippen MR) is 193 cm³/mol. The number of aromatic hydroxyl groups is 2. The van der Waals surface area contributed by atoms with E-state index in [9.17, 15) is 53.6 Å². The number of ketones is 2. The lowest BCUT2D eigenvalue weighted by Gasteiger charge is -2.53. The van der Waals surface area contributed by atoms with Crippen molar-refractivity contribution < 1.29 is 68.0 Å². The van der Waals surface area contributed by atoms with Gasteiger partial charge >= 0.3 is 17.9 Å². The topological polar surface area (TPSA) is 267 Å². The van der Waals surface area contributed by atoms with Crippen LogP contribution in [0.2, 0.25) is 0 Å². The van der Waals surface area contributed by atoms with E-state index in [2.05, 4.69) is 17.2 Å². The molecule has 7 N–H and O–H groups in total. The van der Waals surface area contributed by atoms with Crippen molar-refractivity contribution in [2.45, 2.75) is 80.7 Å². The number of phenolic OH excluding ortho intramolecular Hbond substituents is 2. The summed E-state index contributed by atoms with van der Waals surface area (Å²) in [5.74, 6) is -9.86. The molecule has 3 saturated heterocycles. The van der Waals surface area contributed by atoms with Crippen molar-refractivity contribution in [2.75, 3.05) is 19.3 Å². The number of nitrogen functional groups attached to an aromatic ring is 1. The number of thiazole rings is 1. The summed E-state index contributed by atoms with van der Waals surface area (Å²) in [4.78, 5) is 86.1. The number of phenols is 2. The van der Waals surface area contributed by atoms with Crippen molar-refractivity contribution in [1.29, 1.82) is 0 Å². The van der Waals surface area contributed by atoms with Crippen LogP contribution in [0.1, 0.15) is 67.9 Å². The SMILES string of the molecule is C[C@@H]1S[C@@H]2[C@H](CC(=O)/C(=N\O[C@@H](CC(=O)O)C(=O)O)c3csc(N)n3)C(=O)N2C(C(=O)O)=C1C[N+]1(C)[C@@H]2CC[C@H]1CC(CC(=O)c1cc(O)c(O)c(F)c1)C2. The molecule has 0 saturated carbocycles. The van der Waals surface area contributed by atoms with E-state index in [0.29, 0.717) is 29.4 Å². The lowest BCUT2D eigenvalue weighted by molar-refractivity contribution is -0.945. The van der Waals surface area contributed by atoms with Gasteiger partial charge < -0.3 is 40.6 Å². The Morgan fingerprint density at radius 2 is 1.78 bits per heavy atom. The maximum atomic E-state index is 14.0. The maximum absolute atomic E-state index is 14.0. The summed E-state index contributed by atoms with van der Waals surface area (Å²) in [6.45, 7) is 2.18. The number of nitrogens with two attached hydrogens (primary N) is 1. The molecule has 2 unspecified atom stereocenters. The van der Waals surface area contributed by atoms with E-state index < -0.39 is 82.9 Å². The first-order valence-corrected chi connectivity index (χ1v) is 19.2. The van der Waals surface area contributed by atoms with E-state index in [1.807, 2.05) is 6.92 Å². The number of quaternary nitrogens is 1. The lowest BCUT2D eigenvalue weighted by atomic mass is 9.83. The number of carbonyl (C=O) groups excluding carboxylic acids is 3. The minimum atomic E-state index is -1.92. The zero-order valence-electron chi connectivity index (χ0n) is 29.6. The molecule has 1 aromatic heterocycles. The van der Waals surface area contributed by atoms with Gasteiger partial charge in [-0.3, -0.25) is 24.1 Å². The van der Waals surface area contributed by atoms with E-state index >= 15 is 0 Å². The minimum absolute atomic E-state index is 0.0340. The van der Waals surface area contributed by atoms with Gasteiger partial charge in [-0.15, -0.1) is 23.1 Å². The summed E-state index contributed by atoms with van der Waals surface area (Å²) in [7, 11) is 2.06. The van der Waals surface area contributed by atoms with Gasteiger partial charge in [-0.25, -0.2) is 19.0 Å². The molecule has 20 heteroatoms. The Morgan fingerprint density at radius 1 is 1.11 bits per heavy atom. The summed E-state index contributed by atoms with van der Waals surface area (Å²) in [6.07, 6.45) is -0.218. The second-order valence-electron chi connectivity index (χ2n) is 14.5. The number of thioether (sulfide) groups is 1. The number of anilines is 1. The molecule has 8 atom stereocenters. The molecule has 0 aliphatic carbocycles. The van der Waals surface area contributed by atoms with Crippen LogP contribution in [0.3, 0.4) is 0 Å². The number of carboxylic acids is 3. The number of aliphatic carboxylic acids is 3. The maximum Gasteiger partial charge on any atom is 0.352 e. The number of hydrogen-bond donors (Lipinski definition) is 6. The van der Waals surface area contributed by atoms with Crippen LogP contribution in [0.4, 0.5) is 9.52 Å². The molecule has 4 aliphatic rings. The zero-order valence-corrected chi connectivity index (χ0v) is 31.2. The third-order valence-electron chi connectivity index (χ3n) is 11.1. The second-order valence-corrected chi connectivity index (χ2v) is 16.9. The standard InChI is InChI=1S/C35H38FN5O12S2/c1-14-20(12-41(2)17-3-4-18(41)6-15(5-17)7-23(42)16-8-21(36)30(47)25(44)9-16)29(34(51)52)40-31(48)19(32(40)55-14)10-24(43)28(22-13-54-35(37)38-22)39-53-26(33(49)50)11-27(45)46/h8-9,13-15,17-19,26,32H,3-7,10-12H2,1-2H3,(H6-,37,38,39,42,43,44,45,46,47,49,50,51,52)/p+1/t14-,15?,17-,18+,19+,26-,32+,41?/m0/s1. The summed E-state index contributed by atoms with van der Waals surface area (Å²) in [6, 6.07) is 2.10. The van der Waals surface area contributed by atoms with Gasteiger partial charge in [0, 0.05) is 60.3 Å². The lowest BCUT2D eigenvalue weighted by Crippen LogP contribution is -2.64. The third-order valence-corrected chi connectivity index (χ3v) is 13.3. The van der Waals surface area contributed by atoms with Crippen LogP contribution in [-0.2, 0) is 28.8 Å². The highest BCUT2D eigenvalue weighted by atomic mass is 32.2. The molecule has 1 amide bonds. The Bertz CT molecular complexity index is 2000. The molecule has 5 heterocycles. The number of aromatic nitrogens is 1. The molecule has 3 fully saturated rings. The number of amides is 1. The Labute approximate surface area is 320 Å². The number of likely N-dealkylation sites (N-methyl/N-ethyl adjacent to an activating group) is 1. The van der Waals surface area contributed by atoms with Crippen LogP contribution in [0.25, 0.3) is 0 Å². The van der Waals surface area contributed by atoms with E-state index in [1.54, 1.807) is 0 Å². The first-order valence-electron chi connectivity index (χ1n) is 17.4. The second kappa shape index (κ2) is 15.2. The number of halogens is 1. The molecule has 2 aromatic rings. The van der Waals surface area contributed by atoms with E-state index in [4.69, 9.17) is 15.7 Å². The molecule has 294 valence electrons. The molecular weight excluding hydrogens is 766 g/mol. The van der Waals surface area contributed by atoms with Crippen molar-refractivity contribution in [1.82, 2.24) is 9.88 Å². The molecular formula is C35H39FN5O12S2+. The monoisotopic (exact) mass is 804 g/mol. The number of fused-ring (bicyclic) bond motifs is 3. The van der Waals surface area contributed by atoms with E-state index in [-0.39, 0.29) is 57.5 Å². The third kappa shape index (κ3) is 7.62. The molecule has 4 aliphatic heterocycles. The van der Waals surface area contributed by atoms with Gasteiger partial charge in [0.25, 0.3) is 0 Å². The van der Waals surface area contributed by atoms with Crippen molar-refractivity contribution in [2.24, 2.45) is 17.0 Å². The summed E-state index contributed by atoms with van der Waals surface area (Å²) in [5.41, 5.74) is 5.59. The number of β-lactam (4-membered cyclic amide) rings is 1. The van der Waals surface area contributed by atoms with Crippen molar-refractivity contribution in [3.63, 3.8) is 0 Å². The summed E-state index contributed by atoms with van der Waals surface area (Å²) >= 11 is 2.30. The largest absolute Gasteiger partial charge is 0.504 e. The van der Waals surface area contributed by atoms with Gasteiger partial charge in [-0.2, -0.15) is 0 Å². The van der Waals surface area contributed by atoms with Gasteiger partial charge in [0.05, 0.1) is 36.8 Å². The summed E-state index contributed by atoms with van der Waals surface area (Å²) in [5, 5.41) is 52.2. The number of hydrogen-bond acceptors (Lipinski definition) is 14. The number of piperidine rings is 1. The van der Waals surface area contributed by atoms with Crippen LogP contribution in [0, 0.1) is 17.7 Å². The Balaban J connectivity index is 1.18. The molecule has 17 nitrogen and oxygen atoms in total. The average molecular weight is 805 g/mol. The van der Waals surface area contributed by atoms with Crippen LogP contribution < -0.4 is 5.73 Å². The quantitative estimate of drug-likeness (QED) is 0.0377. The molecule has 0 spiro atoms. The molecule has 6 rings (SSSR count). The Hall–Kier alpha value is -5.08. The number of rotatable bonds is 15. The number of Topliss-reactive ketones (excluding diaryl/α,β-unsaturated/α-hetero) is 2. The van der Waals surface area contributed by atoms with Crippen LogP contribution in [-0.4, -0.2) is 123 Å². The first kappa shape index (κ1) is 39.6. The van der Waals surface area contributed by atoms with Gasteiger partial charge in [0.2, 0.25) is 12.0 Å². The average Bonchev–Trinajstić information content (AvgIpc) is 3.58. The number of carboxylic acid groups (broad SMARTS) is 3. The van der Waals surface area contributed by atoms with Crippen LogP contribution in [0.5, 0.6) is 11.5 Å². The van der Waals surface area contributed by atoms with Gasteiger partial charge in [-0.1, -0.05) is 5.16 Å². The van der Waals surface area contributed by atoms with Gasteiger partial charge in [-0.05, 0) is 25.0 Å².